The molecule has 0 spiro atoms. The van der Waals surface area contributed by atoms with Gasteiger partial charge in [0.05, 0.1) is 24.9 Å². The van der Waals surface area contributed by atoms with Gasteiger partial charge in [-0.2, -0.15) is 0 Å². The maximum Gasteiger partial charge on any atom is 0.270 e. The van der Waals surface area contributed by atoms with Crippen LogP contribution in [0.1, 0.15) is 5.56 Å². The van der Waals surface area contributed by atoms with Gasteiger partial charge in [-0.3, -0.25) is 19.8 Å². The normalized spacial score (nSPS) is 14.7. The zero-order chi connectivity index (χ0) is 24.2. The summed E-state index contributed by atoms with van der Waals surface area (Å²) in [6, 6.07) is 19.4. The maximum atomic E-state index is 13.3. The van der Waals surface area contributed by atoms with E-state index in [0.717, 1.165) is 0 Å². The Labute approximate surface area is 206 Å². The van der Waals surface area contributed by atoms with Crippen LogP contribution in [0.25, 0.3) is 6.08 Å². The third-order valence-corrected chi connectivity index (χ3v) is 5.66. The van der Waals surface area contributed by atoms with Crippen LogP contribution in [0.5, 0.6) is 23.0 Å². The van der Waals surface area contributed by atoms with Crippen LogP contribution in [0.3, 0.4) is 0 Å². The number of halogens is 1. The van der Waals surface area contributed by atoms with Crippen LogP contribution in [0, 0.1) is 0 Å². The first-order valence-corrected chi connectivity index (χ1v) is 10.9. The molecule has 1 N–H and O–H groups in total. The van der Waals surface area contributed by atoms with Crippen LogP contribution >= 0.6 is 23.8 Å². The molecule has 3 aromatic carbocycles. The molecule has 9 heteroatoms. The molecule has 4 rings (SSSR count). The van der Waals surface area contributed by atoms with Gasteiger partial charge >= 0.3 is 0 Å². The second-order valence-corrected chi connectivity index (χ2v) is 7.84. The summed E-state index contributed by atoms with van der Waals surface area (Å²) >= 11 is 11.7. The van der Waals surface area contributed by atoms with Crippen molar-refractivity contribution in [1.82, 2.24) is 5.32 Å². The Morgan fingerprint density at radius 2 is 1.59 bits per heavy atom. The molecule has 0 unspecified atom stereocenters. The first-order valence-electron chi connectivity index (χ1n) is 10.1. The molecule has 7 nitrogen and oxygen atoms in total. The van der Waals surface area contributed by atoms with Crippen LogP contribution in [0.15, 0.2) is 72.3 Å². The summed E-state index contributed by atoms with van der Waals surface area (Å²) in [4.78, 5) is 27.1. The Balaban J connectivity index is 1.64. The standard InChI is InChI=1S/C25H19ClN2O5S/c1-31-20-13-8-15(21(26)22(20)32-2)14-19-23(29)27-25(34)28(24(19)30)16-9-11-18(12-10-16)33-17-6-4-3-5-7-17/h3-14H,1-2H3,(H,27,29,34). The highest BCUT2D eigenvalue weighted by molar-refractivity contribution is 7.80. The van der Waals surface area contributed by atoms with E-state index in [2.05, 4.69) is 5.32 Å². The molecule has 0 radical (unpaired) electrons. The minimum absolute atomic E-state index is 0.0257. The fourth-order valence-electron chi connectivity index (χ4n) is 3.35. The van der Waals surface area contributed by atoms with Gasteiger partial charge in [0.2, 0.25) is 0 Å². The van der Waals surface area contributed by atoms with Crippen LogP contribution < -0.4 is 24.4 Å². The molecule has 34 heavy (non-hydrogen) atoms. The number of carbonyl (C=O) groups is 2. The summed E-state index contributed by atoms with van der Waals surface area (Å²) in [6.45, 7) is 0. The second-order valence-electron chi connectivity index (χ2n) is 7.07. The summed E-state index contributed by atoms with van der Waals surface area (Å²) < 4.78 is 16.3. The number of ether oxygens (including phenoxy) is 3. The zero-order valence-electron chi connectivity index (χ0n) is 18.2. The molecule has 1 saturated heterocycles. The monoisotopic (exact) mass is 494 g/mol. The summed E-state index contributed by atoms with van der Waals surface area (Å²) in [7, 11) is 2.93. The largest absolute Gasteiger partial charge is 0.493 e. The molecule has 3 aromatic rings. The maximum absolute atomic E-state index is 13.3. The molecule has 0 bridgehead atoms. The number of methoxy groups -OCH3 is 2. The number of carbonyl (C=O) groups excluding carboxylic acids is 2. The SMILES string of the molecule is COc1ccc(C=C2C(=O)NC(=S)N(c3ccc(Oc4ccccc4)cc3)C2=O)c(Cl)c1OC. The summed E-state index contributed by atoms with van der Waals surface area (Å²) in [5, 5.41) is 2.73. The van der Waals surface area contributed by atoms with Crippen molar-refractivity contribution >= 4 is 52.5 Å². The molecular formula is C25H19ClN2O5S. The summed E-state index contributed by atoms with van der Waals surface area (Å²) in [6.07, 6.45) is 1.39. The average molecular weight is 495 g/mol. The fraction of sp³-hybridized carbons (Fsp3) is 0.0800. The highest BCUT2D eigenvalue weighted by Gasteiger charge is 2.34. The number of hydrogen-bond acceptors (Lipinski definition) is 6. The third-order valence-electron chi connectivity index (χ3n) is 4.99. The molecule has 1 heterocycles. The molecule has 1 aliphatic rings. The first-order chi connectivity index (χ1) is 16.4. The first kappa shape index (κ1) is 23.3. The van der Waals surface area contributed by atoms with Gasteiger partial charge in [0.1, 0.15) is 17.1 Å². The lowest BCUT2D eigenvalue weighted by Crippen LogP contribution is -2.54. The van der Waals surface area contributed by atoms with Gasteiger partial charge in [0.25, 0.3) is 11.8 Å². The third kappa shape index (κ3) is 4.59. The number of hydrogen-bond donors (Lipinski definition) is 1. The number of rotatable bonds is 6. The lowest BCUT2D eigenvalue weighted by molar-refractivity contribution is -0.122. The number of para-hydroxylation sites is 1. The van der Waals surface area contributed by atoms with E-state index in [-0.39, 0.29) is 15.7 Å². The quantitative estimate of drug-likeness (QED) is 0.296. The minimum Gasteiger partial charge on any atom is -0.493 e. The highest BCUT2D eigenvalue weighted by atomic mass is 35.5. The topological polar surface area (TPSA) is 77.1 Å². The van der Waals surface area contributed by atoms with E-state index in [4.69, 9.17) is 38.0 Å². The van der Waals surface area contributed by atoms with Crippen molar-refractivity contribution in [1.29, 1.82) is 0 Å². The predicted octanol–water partition coefficient (Wildman–Crippen LogP) is 4.98. The smallest absolute Gasteiger partial charge is 0.270 e. The van der Waals surface area contributed by atoms with Crippen molar-refractivity contribution in [3.8, 4) is 23.0 Å². The lowest BCUT2D eigenvalue weighted by atomic mass is 10.1. The Morgan fingerprint density at radius 3 is 2.24 bits per heavy atom. The van der Waals surface area contributed by atoms with E-state index in [9.17, 15) is 9.59 Å². The molecule has 0 aliphatic carbocycles. The van der Waals surface area contributed by atoms with Crippen LogP contribution in [0.4, 0.5) is 5.69 Å². The number of nitrogens with one attached hydrogen (secondary N) is 1. The molecule has 1 fully saturated rings. The van der Waals surface area contributed by atoms with Crippen LogP contribution in [0.2, 0.25) is 5.02 Å². The van der Waals surface area contributed by atoms with Crippen molar-refractivity contribution in [2.75, 3.05) is 19.1 Å². The van der Waals surface area contributed by atoms with E-state index in [1.54, 1.807) is 36.4 Å². The van der Waals surface area contributed by atoms with Gasteiger partial charge in [0, 0.05) is 0 Å². The molecule has 0 aromatic heterocycles. The van der Waals surface area contributed by atoms with E-state index in [0.29, 0.717) is 34.2 Å². The van der Waals surface area contributed by atoms with E-state index < -0.39 is 11.8 Å². The molecule has 0 saturated carbocycles. The lowest BCUT2D eigenvalue weighted by Gasteiger charge is -2.29. The van der Waals surface area contributed by atoms with Crippen molar-refractivity contribution < 1.29 is 23.8 Å². The average Bonchev–Trinajstić information content (AvgIpc) is 2.84. The van der Waals surface area contributed by atoms with Crippen LogP contribution in [-0.2, 0) is 9.59 Å². The minimum atomic E-state index is -0.624. The molecule has 1 aliphatic heterocycles. The van der Waals surface area contributed by atoms with Crippen LogP contribution in [-0.4, -0.2) is 31.1 Å². The number of benzene rings is 3. The van der Waals surface area contributed by atoms with Gasteiger partial charge in [-0.1, -0.05) is 29.8 Å². The molecule has 0 atom stereocenters. The van der Waals surface area contributed by atoms with Gasteiger partial charge in [-0.05, 0) is 72.4 Å². The second kappa shape index (κ2) is 9.94. The predicted molar refractivity (Wildman–Crippen MR) is 134 cm³/mol. The zero-order valence-corrected chi connectivity index (χ0v) is 19.8. The van der Waals surface area contributed by atoms with Crippen molar-refractivity contribution in [3.63, 3.8) is 0 Å². The van der Waals surface area contributed by atoms with Gasteiger partial charge in [0.15, 0.2) is 16.6 Å². The summed E-state index contributed by atoms with van der Waals surface area (Å²) in [5.74, 6) is 0.780. The number of thiocarbonyl (C=S) groups is 1. The van der Waals surface area contributed by atoms with Crippen molar-refractivity contribution in [3.05, 3.63) is 82.9 Å². The molecule has 2 amide bonds. The number of nitrogens with zero attached hydrogens (tertiary/aromatic N) is 1. The van der Waals surface area contributed by atoms with Gasteiger partial charge in [-0.25, -0.2) is 0 Å². The number of anilines is 1. The Hall–Kier alpha value is -3.88. The van der Waals surface area contributed by atoms with E-state index >= 15 is 0 Å². The van der Waals surface area contributed by atoms with Gasteiger partial charge in [-0.15, -0.1) is 0 Å². The summed E-state index contributed by atoms with van der Waals surface area (Å²) in [5.41, 5.74) is 0.754. The Morgan fingerprint density at radius 1 is 0.912 bits per heavy atom. The van der Waals surface area contributed by atoms with E-state index in [1.165, 1.54) is 25.2 Å². The molecular weight excluding hydrogens is 476 g/mol. The number of amides is 2. The molecule has 172 valence electrons. The van der Waals surface area contributed by atoms with Crippen molar-refractivity contribution in [2.45, 2.75) is 0 Å². The fourth-order valence-corrected chi connectivity index (χ4v) is 3.92. The van der Waals surface area contributed by atoms with Gasteiger partial charge < -0.3 is 14.2 Å². The van der Waals surface area contributed by atoms with Crippen molar-refractivity contribution in [2.24, 2.45) is 0 Å². The Kier molecular flexibility index (Phi) is 6.81. The highest BCUT2D eigenvalue weighted by Crippen LogP contribution is 2.38. The Bertz CT molecular complexity index is 1290. The van der Waals surface area contributed by atoms with E-state index in [1.807, 2.05) is 30.3 Å².